The van der Waals surface area contributed by atoms with Crippen molar-refractivity contribution < 1.29 is 4.79 Å². The minimum Gasteiger partial charge on any atom is -0.319 e. The zero-order valence-electron chi connectivity index (χ0n) is 9.07. The number of nitrogens with two attached hydrogens (primary N) is 1. The van der Waals surface area contributed by atoms with Crippen LogP contribution in [0.1, 0.15) is 25.3 Å². The van der Waals surface area contributed by atoms with Gasteiger partial charge in [0.1, 0.15) is 0 Å². The highest BCUT2D eigenvalue weighted by Crippen LogP contribution is 2.38. The Morgan fingerprint density at radius 3 is 2.53 bits per heavy atom. The molecule has 0 aromatic heterocycles. The number of carbonyl (C=O) groups excluding carboxylic acids is 1. The van der Waals surface area contributed by atoms with Crippen LogP contribution >= 0.6 is 0 Å². The lowest BCUT2D eigenvalue weighted by atomic mass is 9.88. The maximum absolute atomic E-state index is 12.0. The molecule has 15 heavy (non-hydrogen) atoms. The minimum absolute atomic E-state index is 0.163. The molecule has 1 saturated carbocycles. The third kappa shape index (κ3) is 2.26. The molecule has 0 amide bonds. The highest BCUT2D eigenvalue weighted by atomic mass is 16.1. The van der Waals surface area contributed by atoms with Gasteiger partial charge in [0.15, 0.2) is 5.78 Å². The third-order valence-electron chi connectivity index (χ3n) is 3.23. The highest BCUT2D eigenvalue weighted by molar-refractivity contribution is 5.90. The molecule has 2 nitrogen and oxygen atoms in total. The fourth-order valence-corrected chi connectivity index (χ4v) is 1.88. The second kappa shape index (κ2) is 3.78. The maximum atomic E-state index is 12.0. The molecule has 0 bridgehead atoms. The van der Waals surface area contributed by atoms with Gasteiger partial charge in [0.05, 0.1) is 5.54 Å². The summed E-state index contributed by atoms with van der Waals surface area (Å²) in [7, 11) is 0. The molecule has 80 valence electrons. The summed E-state index contributed by atoms with van der Waals surface area (Å²) in [6, 6.07) is 9.81. The topological polar surface area (TPSA) is 43.1 Å². The van der Waals surface area contributed by atoms with Crippen molar-refractivity contribution in [3.05, 3.63) is 35.9 Å². The van der Waals surface area contributed by atoms with Gasteiger partial charge in [-0.3, -0.25) is 4.79 Å². The van der Waals surface area contributed by atoms with Crippen LogP contribution < -0.4 is 5.73 Å². The van der Waals surface area contributed by atoms with Crippen molar-refractivity contribution in [1.82, 2.24) is 0 Å². The standard InChI is InChI=1S/C13H17NO/c1-13(14,11-7-8-11)12(15)9-10-5-3-2-4-6-10/h2-6,11H,7-9,14H2,1H3. The molecule has 1 unspecified atom stereocenters. The Morgan fingerprint density at radius 2 is 2.00 bits per heavy atom. The van der Waals surface area contributed by atoms with E-state index in [0.29, 0.717) is 12.3 Å². The summed E-state index contributed by atoms with van der Waals surface area (Å²) in [6.45, 7) is 1.87. The molecule has 1 aliphatic carbocycles. The molecular weight excluding hydrogens is 186 g/mol. The van der Waals surface area contributed by atoms with Crippen LogP contribution in [-0.4, -0.2) is 11.3 Å². The second-order valence-corrected chi connectivity index (χ2v) is 4.64. The lowest BCUT2D eigenvalue weighted by molar-refractivity contribution is -0.123. The molecule has 1 aromatic rings. The fraction of sp³-hybridized carbons (Fsp3) is 0.462. The second-order valence-electron chi connectivity index (χ2n) is 4.64. The lowest BCUT2D eigenvalue weighted by Gasteiger charge is -2.22. The van der Waals surface area contributed by atoms with Crippen molar-refractivity contribution in [2.75, 3.05) is 0 Å². The number of Topliss-reactive ketones (excluding diaryl/α,β-unsaturated/α-hetero) is 1. The molecule has 0 aliphatic heterocycles. The van der Waals surface area contributed by atoms with Crippen molar-refractivity contribution in [2.45, 2.75) is 31.7 Å². The fourth-order valence-electron chi connectivity index (χ4n) is 1.88. The number of hydrogen-bond acceptors (Lipinski definition) is 2. The van der Waals surface area contributed by atoms with E-state index in [4.69, 9.17) is 5.73 Å². The first-order chi connectivity index (χ1) is 7.10. The molecule has 2 heteroatoms. The van der Waals surface area contributed by atoms with Gasteiger partial charge in [-0.05, 0) is 31.2 Å². The molecule has 1 aliphatic rings. The summed E-state index contributed by atoms with van der Waals surface area (Å²) in [5.74, 6) is 0.574. The molecule has 1 fully saturated rings. The van der Waals surface area contributed by atoms with E-state index in [-0.39, 0.29) is 5.78 Å². The van der Waals surface area contributed by atoms with Gasteiger partial charge in [0.25, 0.3) is 0 Å². The first kappa shape index (κ1) is 10.4. The van der Waals surface area contributed by atoms with E-state index >= 15 is 0 Å². The van der Waals surface area contributed by atoms with Gasteiger partial charge in [-0.2, -0.15) is 0 Å². The molecular formula is C13H17NO. The molecule has 0 radical (unpaired) electrons. The first-order valence-corrected chi connectivity index (χ1v) is 5.47. The molecule has 1 atom stereocenters. The third-order valence-corrected chi connectivity index (χ3v) is 3.23. The van der Waals surface area contributed by atoms with E-state index in [9.17, 15) is 4.79 Å². The Labute approximate surface area is 90.5 Å². The van der Waals surface area contributed by atoms with Crippen LogP contribution in [-0.2, 0) is 11.2 Å². The Balaban J connectivity index is 2.03. The maximum Gasteiger partial charge on any atom is 0.156 e. The Hall–Kier alpha value is -1.15. The summed E-state index contributed by atoms with van der Waals surface area (Å²) in [5.41, 5.74) is 6.50. The molecule has 0 spiro atoms. The molecule has 2 rings (SSSR count). The van der Waals surface area contributed by atoms with Crippen LogP contribution in [0.5, 0.6) is 0 Å². The van der Waals surface area contributed by atoms with E-state index in [1.807, 2.05) is 37.3 Å². The number of ketones is 1. The van der Waals surface area contributed by atoms with Crippen molar-refractivity contribution in [3.8, 4) is 0 Å². The lowest BCUT2D eigenvalue weighted by Crippen LogP contribution is -2.47. The number of benzene rings is 1. The van der Waals surface area contributed by atoms with Gasteiger partial charge < -0.3 is 5.73 Å². The number of hydrogen-bond donors (Lipinski definition) is 1. The predicted molar refractivity (Wildman–Crippen MR) is 60.5 cm³/mol. The smallest absolute Gasteiger partial charge is 0.156 e. The van der Waals surface area contributed by atoms with Crippen molar-refractivity contribution in [1.29, 1.82) is 0 Å². The van der Waals surface area contributed by atoms with E-state index in [1.54, 1.807) is 0 Å². The van der Waals surface area contributed by atoms with E-state index < -0.39 is 5.54 Å². The van der Waals surface area contributed by atoms with Crippen LogP contribution in [0, 0.1) is 5.92 Å². The normalized spacial score (nSPS) is 19.6. The summed E-state index contributed by atoms with van der Waals surface area (Å²) in [4.78, 5) is 12.0. The minimum atomic E-state index is -0.615. The Kier molecular flexibility index (Phi) is 2.61. The van der Waals surface area contributed by atoms with Crippen molar-refractivity contribution >= 4 is 5.78 Å². The summed E-state index contributed by atoms with van der Waals surface area (Å²) in [5, 5.41) is 0. The van der Waals surface area contributed by atoms with E-state index in [1.165, 1.54) is 0 Å². The average Bonchev–Trinajstić information content (AvgIpc) is 3.02. The summed E-state index contributed by atoms with van der Waals surface area (Å²) < 4.78 is 0. The number of rotatable bonds is 4. The van der Waals surface area contributed by atoms with Gasteiger partial charge in [-0.15, -0.1) is 0 Å². The summed E-state index contributed by atoms with van der Waals surface area (Å²) >= 11 is 0. The van der Waals surface area contributed by atoms with Crippen molar-refractivity contribution in [2.24, 2.45) is 11.7 Å². The van der Waals surface area contributed by atoms with E-state index in [0.717, 1.165) is 18.4 Å². The molecule has 0 heterocycles. The quantitative estimate of drug-likeness (QED) is 0.812. The molecule has 1 aromatic carbocycles. The Bertz CT molecular complexity index is 352. The largest absolute Gasteiger partial charge is 0.319 e. The predicted octanol–water partition coefficient (Wildman–Crippen LogP) is 1.93. The van der Waals surface area contributed by atoms with Crippen LogP contribution in [0.3, 0.4) is 0 Å². The van der Waals surface area contributed by atoms with Crippen molar-refractivity contribution in [3.63, 3.8) is 0 Å². The van der Waals surface area contributed by atoms with Crippen LogP contribution in [0.25, 0.3) is 0 Å². The van der Waals surface area contributed by atoms with Crippen LogP contribution in [0.2, 0.25) is 0 Å². The van der Waals surface area contributed by atoms with Gasteiger partial charge in [0.2, 0.25) is 0 Å². The van der Waals surface area contributed by atoms with E-state index in [2.05, 4.69) is 0 Å². The molecule has 0 saturated heterocycles. The Morgan fingerprint density at radius 1 is 1.40 bits per heavy atom. The summed E-state index contributed by atoms with van der Waals surface area (Å²) in [6.07, 6.45) is 2.67. The van der Waals surface area contributed by atoms with Crippen LogP contribution in [0.4, 0.5) is 0 Å². The van der Waals surface area contributed by atoms with Gasteiger partial charge in [-0.25, -0.2) is 0 Å². The number of carbonyl (C=O) groups is 1. The highest BCUT2D eigenvalue weighted by Gasteiger charge is 2.43. The monoisotopic (exact) mass is 203 g/mol. The first-order valence-electron chi connectivity index (χ1n) is 5.47. The zero-order chi connectivity index (χ0) is 10.9. The van der Waals surface area contributed by atoms with Gasteiger partial charge >= 0.3 is 0 Å². The van der Waals surface area contributed by atoms with Gasteiger partial charge in [0, 0.05) is 6.42 Å². The SMILES string of the molecule is CC(N)(C(=O)Cc1ccccc1)C1CC1. The van der Waals surface area contributed by atoms with Gasteiger partial charge in [-0.1, -0.05) is 30.3 Å². The van der Waals surface area contributed by atoms with Crippen LogP contribution in [0.15, 0.2) is 30.3 Å². The zero-order valence-corrected chi connectivity index (χ0v) is 9.07. The molecule has 2 N–H and O–H groups in total. The average molecular weight is 203 g/mol.